The van der Waals surface area contributed by atoms with E-state index < -0.39 is 198 Å². The van der Waals surface area contributed by atoms with Gasteiger partial charge in [0.1, 0.15) is 59.9 Å². The van der Waals surface area contributed by atoms with Gasteiger partial charge in [0.2, 0.25) is 77.3 Å². The van der Waals surface area contributed by atoms with E-state index in [2.05, 4.69) is 16.0 Å². The SMILES string of the molecule is CC[C@H](C)[C@@H]1NC(=O)[C@H](CC(C)C)N(C)C(=O)C[C@@H](C(=O)N(C)C)N(C)C(=O)[C@H]([C@@H](C)CC)N(C)C(=O)C2(CCCC2)NC(=O)[C@H](CCC(F)F)N(C)C(=O)[C@H](CCc2ccc(C(F)(F)F)c(Cl)c2)NC(=O)CN(C)C(=O)[C@H](Cc2ccc(C)cc2)N(C)C(=O)C2CCN2C(=O)[C@H](C)N(C)C1=O. The number of amides is 12. The van der Waals surface area contributed by atoms with Crippen LogP contribution >= 0.6 is 11.6 Å². The summed E-state index contributed by atoms with van der Waals surface area (Å²) in [6.45, 7) is 13.2. The zero-order valence-electron chi connectivity index (χ0n) is 62.1. The van der Waals surface area contributed by atoms with Crippen LogP contribution in [0, 0.1) is 24.7 Å². The van der Waals surface area contributed by atoms with Crippen LogP contribution in [0.3, 0.4) is 0 Å². The first kappa shape index (κ1) is 84.7. The van der Waals surface area contributed by atoms with Crippen molar-refractivity contribution in [3.63, 3.8) is 0 Å². The normalized spacial score (nSPS) is 25.2. The average molecular weight is 1460 g/mol. The molecule has 5 rings (SSSR count). The van der Waals surface area contributed by atoms with Crippen LogP contribution in [0.15, 0.2) is 42.5 Å². The fraction of sp³-hybridized carbons (Fsp3) is 0.667. The molecule has 2 aliphatic heterocycles. The number of halogens is 6. The molecule has 1 unspecified atom stereocenters. The van der Waals surface area contributed by atoms with Gasteiger partial charge in [0.25, 0.3) is 0 Å². The first-order chi connectivity index (χ1) is 47.5. The maximum atomic E-state index is 15.5. The molecule has 2 heterocycles. The van der Waals surface area contributed by atoms with Crippen LogP contribution < -0.4 is 16.0 Å². The molecule has 1 aliphatic carbocycles. The molecular formula is C72H106ClF5N12O12. The van der Waals surface area contributed by atoms with Crippen molar-refractivity contribution in [1.82, 2.24) is 60.0 Å². The van der Waals surface area contributed by atoms with Gasteiger partial charge in [-0.25, -0.2) is 8.78 Å². The first-order valence-electron chi connectivity index (χ1n) is 35.0. The number of carbonyl (C=O) groups is 12. The topological polar surface area (TPSA) is 270 Å². The van der Waals surface area contributed by atoms with Gasteiger partial charge in [-0.1, -0.05) is 115 Å². The number of alkyl halides is 5. The molecule has 0 aromatic heterocycles. The van der Waals surface area contributed by atoms with Crippen molar-refractivity contribution in [3.8, 4) is 0 Å². The third-order valence-electron chi connectivity index (χ3n) is 20.7. The highest BCUT2D eigenvalue weighted by atomic mass is 35.5. The van der Waals surface area contributed by atoms with E-state index in [0.29, 0.717) is 24.8 Å². The van der Waals surface area contributed by atoms with E-state index in [1.807, 2.05) is 20.8 Å². The van der Waals surface area contributed by atoms with Crippen LogP contribution in [0.4, 0.5) is 22.0 Å². The molecule has 2 aromatic rings. The molecule has 3 fully saturated rings. The number of hydrogen-bond acceptors (Lipinski definition) is 12. The van der Waals surface area contributed by atoms with E-state index in [-0.39, 0.29) is 63.0 Å². The second-order valence-electron chi connectivity index (χ2n) is 28.7. The predicted octanol–water partition coefficient (Wildman–Crippen LogP) is 5.96. The summed E-state index contributed by atoms with van der Waals surface area (Å²) in [7, 11) is 12.0. The smallest absolute Gasteiger partial charge is 0.347 e. The van der Waals surface area contributed by atoms with E-state index in [9.17, 15) is 60.3 Å². The number of aryl methyl sites for hydroxylation is 2. The lowest BCUT2D eigenvalue weighted by atomic mass is 9.90. The molecule has 11 atom stereocenters. The summed E-state index contributed by atoms with van der Waals surface area (Å²) in [6.07, 6.45) is -9.44. The third kappa shape index (κ3) is 20.7. The zero-order valence-corrected chi connectivity index (χ0v) is 62.8. The van der Waals surface area contributed by atoms with Crippen molar-refractivity contribution in [3.05, 3.63) is 69.7 Å². The molecular weight excluding hydrogens is 1360 g/mol. The standard InChI is InChI=1S/C72H106ClF5N12O12/c1-18-43(6)59-68(100)84(12)45(8)63(95)90-35-32-52(90)67(99)87(15)54(38-47-24-22-42(5)23-25-47)66(98)83(11)40-57(91)79-50(29-27-46-26-28-48(49(73)37-46)72(76,77)78)64(96)86(14)51(30-31-56(74)75)62(94)81-71(33-20-21-34-71)70(102)89(17)60(44(7)19-2)69(101)88(16)55(65(97)82(9)10)39-58(92)85(13)53(36-41(3)4)61(93)80-59/h22-26,28,37,41,43-45,50-56,59-60H,18-21,27,29-36,38-40H2,1-17H3,(H,79,91)(H,80,93)(H,81,94)/t43-,44-,45-,50-,51-,52?,53-,54-,55-,59-,60-/m0/s1. The molecule has 3 aliphatic rings. The van der Waals surface area contributed by atoms with Gasteiger partial charge in [-0.2, -0.15) is 13.2 Å². The molecule has 30 heteroatoms. The molecule has 12 amide bonds. The summed E-state index contributed by atoms with van der Waals surface area (Å²) in [4.78, 5) is 189. The Morgan fingerprint density at radius 3 is 1.79 bits per heavy atom. The van der Waals surface area contributed by atoms with Crippen LogP contribution in [0.2, 0.25) is 5.02 Å². The minimum atomic E-state index is -4.83. The van der Waals surface area contributed by atoms with Gasteiger partial charge in [0.15, 0.2) is 0 Å². The van der Waals surface area contributed by atoms with Crippen molar-refractivity contribution < 1.29 is 79.5 Å². The minimum absolute atomic E-state index is 0.0245. The molecule has 2 aromatic carbocycles. The second kappa shape index (κ2) is 36.4. The van der Waals surface area contributed by atoms with Crippen LogP contribution in [0.25, 0.3) is 0 Å². The van der Waals surface area contributed by atoms with Crippen molar-refractivity contribution >= 4 is 82.5 Å². The summed E-state index contributed by atoms with van der Waals surface area (Å²) in [5.74, 6) is -11.1. The minimum Gasteiger partial charge on any atom is -0.347 e. The molecule has 0 bridgehead atoms. The monoisotopic (exact) mass is 1460 g/mol. The van der Waals surface area contributed by atoms with Crippen LogP contribution in [0.1, 0.15) is 148 Å². The number of likely N-dealkylation sites (N-methyl/N-ethyl adjacent to an activating group) is 8. The maximum Gasteiger partial charge on any atom is 0.417 e. The Labute approximate surface area is 601 Å². The highest BCUT2D eigenvalue weighted by Crippen LogP contribution is 2.37. The Morgan fingerprint density at radius 2 is 1.26 bits per heavy atom. The van der Waals surface area contributed by atoms with Gasteiger partial charge >= 0.3 is 6.18 Å². The van der Waals surface area contributed by atoms with Gasteiger partial charge in [-0.15, -0.1) is 0 Å². The van der Waals surface area contributed by atoms with Crippen molar-refractivity contribution in [2.75, 3.05) is 76.5 Å². The lowest BCUT2D eigenvalue weighted by molar-refractivity contribution is -0.160. The second-order valence-corrected chi connectivity index (χ2v) is 29.1. The highest BCUT2D eigenvalue weighted by molar-refractivity contribution is 6.31. The number of fused-ring (bicyclic) bond motifs is 1. The van der Waals surface area contributed by atoms with Gasteiger partial charge < -0.3 is 60.0 Å². The van der Waals surface area contributed by atoms with E-state index >= 15 is 19.2 Å². The maximum absolute atomic E-state index is 15.5. The lowest BCUT2D eigenvalue weighted by Crippen LogP contribution is -2.65. The zero-order chi connectivity index (χ0) is 76.9. The van der Waals surface area contributed by atoms with E-state index in [0.717, 1.165) is 55.3 Å². The number of hydrogen-bond donors (Lipinski definition) is 3. The summed E-state index contributed by atoms with van der Waals surface area (Å²) in [6, 6.07) is -2.70. The molecule has 0 radical (unpaired) electrons. The fourth-order valence-electron chi connectivity index (χ4n) is 13.5. The molecule has 1 spiro atoms. The molecule has 102 heavy (non-hydrogen) atoms. The van der Waals surface area contributed by atoms with E-state index in [1.165, 1.54) is 82.9 Å². The average Bonchev–Trinajstić information content (AvgIpc) is 1.30. The number of benzene rings is 2. The highest BCUT2D eigenvalue weighted by Gasteiger charge is 2.51. The first-order valence-corrected chi connectivity index (χ1v) is 35.4. The number of nitrogens with one attached hydrogen (secondary N) is 3. The van der Waals surface area contributed by atoms with Crippen LogP contribution in [0.5, 0.6) is 0 Å². The largest absolute Gasteiger partial charge is 0.417 e. The number of nitrogens with zero attached hydrogens (tertiary/aromatic N) is 9. The number of rotatable bonds is 15. The third-order valence-corrected chi connectivity index (χ3v) is 21.0. The van der Waals surface area contributed by atoms with Gasteiger partial charge in [-0.3, -0.25) is 57.5 Å². The lowest BCUT2D eigenvalue weighted by Gasteiger charge is -2.45. The Kier molecular flexibility index (Phi) is 30.3. The Balaban J connectivity index is 1.69. The molecule has 3 N–H and O–H groups in total. The summed E-state index contributed by atoms with van der Waals surface area (Å²) < 4.78 is 70.5. The molecule has 1 saturated carbocycles. The van der Waals surface area contributed by atoms with Gasteiger partial charge in [-0.05, 0) is 99.8 Å². The Hall–Kier alpha value is -7.98. The van der Waals surface area contributed by atoms with Crippen molar-refractivity contribution in [2.45, 2.75) is 218 Å². The Morgan fingerprint density at radius 1 is 0.676 bits per heavy atom. The predicted molar refractivity (Wildman–Crippen MR) is 373 cm³/mol. The summed E-state index contributed by atoms with van der Waals surface area (Å²) in [5.41, 5.74) is -1.33. The van der Waals surface area contributed by atoms with Crippen LogP contribution in [-0.4, -0.2) is 258 Å². The van der Waals surface area contributed by atoms with Crippen molar-refractivity contribution in [1.29, 1.82) is 0 Å². The fourth-order valence-corrected chi connectivity index (χ4v) is 13.8. The van der Waals surface area contributed by atoms with Crippen molar-refractivity contribution in [2.24, 2.45) is 17.8 Å². The molecule has 24 nitrogen and oxygen atoms in total. The van der Waals surface area contributed by atoms with E-state index in [4.69, 9.17) is 11.6 Å². The van der Waals surface area contributed by atoms with Gasteiger partial charge in [0.05, 0.1) is 23.6 Å². The summed E-state index contributed by atoms with van der Waals surface area (Å²) >= 11 is 6.11. The van der Waals surface area contributed by atoms with Crippen LogP contribution in [-0.2, 0) is 76.6 Å². The molecule has 568 valence electrons. The number of carbonyl (C=O) groups excluding carboxylic acids is 12. The summed E-state index contributed by atoms with van der Waals surface area (Å²) in [5, 5.41) is 7.60. The Bertz CT molecular complexity index is 3360. The van der Waals surface area contributed by atoms with Gasteiger partial charge in [0, 0.05) is 82.8 Å². The van der Waals surface area contributed by atoms with E-state index in [1.54, 1.807) is 52.0 Å². The quantitative estimate of drug-likeness (QED) is 0.175. The molecule has 2 saturated heterocycles.